The Morgan fingerprint density at radius 3 is 2.41 bits per heavy atom. The number of amides is 1. The number of hydrogen-bond acceptors (Lipinski definition) is 3. The van der Waals surface area contributed by atoms with Gasteiger partial charge in [-0.3, -0.25) is 4.79 Å². The number of fused-ring (bicyclic) bond motifs is 1. The fourth-order valence-electron chi connectivity index (χ4n) is 2.13. The van der Waals surface area contributed by atoms with Gasteiger partial charge in [0.15, 0.2) is 0 Å². The molecule has 1 N–H and O–H groups in total. The van der Waals surface area contributed by atoms with E-state index in [4.69, 9.17) is 11.6 Å². The minimum absolute atomic E-state index is 0.227. The molecule has 22 heavy (non-hydrogen) atoms. The molecule has 1 heterocycles. The van der Waals surface area contributed by atoms with E-state index in [9.17, 15) is 4.79 Å². The van der Waals surface area contributed by atoms with Gasteiger partial charge in [0.1, 0.15) is 0 Å². The van der Waals surface area contributed by atoms with Crippen molar-refractivity contribution >= 4 is 34.2 Å². The van der Waals surface area contributed by atoms with Crippen molar-refractivity contribution in [3.05, 3.63) is 64.4 Å². The number of anilines is 1. The molecule has 0 aliphatic carbocycles. The van der Waals surface area contributed by atoms with Crippen molar-refractivity contribution in [1.29, 1.82) is 0 Å². The Labute approximate surface area is 133 Å². The first-order valence-corrected chi connectivity index (χ1v) is 7.23. The number of nitrogens with one attached hydrogen (secondary N) is 1. The second-order valence-electron chi connectivity index (χ2n) is 5.03. The third-order valence-electron chi connectivity index (χ3n) is 3.46. The van der Waals surface area contributed by atoms with Gasteiger partial charge in [0, 0.05) is 5.56 Å². The Morgan fingerprint density at radius 2 is 1.68 bits per heavy atom. The van der Waals surface area contributed by atoms with Crippen molar-refractivity contribution in [2.75, 3.05) is 5.32 Å². The number of halogens is 1. The molecule has 3 rings (SSSR count). The normalized spacial score (nSPS) is 10.7. The van der Waals surface area contributed by atoms with Crippen LogP contribution in [-0.4, -0.2) is 15.9 Å². The standard InChI is InChI=1S/C17H14ClN3O/c1-10-11(2)20-16-9-12(7-8-15(16)19-10)17(22)21-14-6-4-3-5-13(14)18/h3-9H,1-2H3,(H,21,22). The summed E-state index contributed by atoms with van der Waals surface area (Å²) in [7, 11) is 0. The highest BCUT2D eigenvalue weighted by atomic mass is 35.5. The van der Waals surface area contributed by atoms with Gasteiger partial charge >= 0.3 is 0 Å². The highest BCUT2D eigenvalue weighted by Crippen LogP contribution is 2.22. The average Bonchev–Trinajstić information content (AvgIpc) is 2.50. The summed E-state index contributed by atoms with van der Waals surface area (Å²) in [6, 6.07) is 12.4. The van der Waals surface area contributed by atoms with E-state index >= 15 is 0 Å². The average molecular weight is 312 g/mol. The lowest BCUT2D eigenvalue weighted by molar-refractivity contribution is 0.102. The van der Waals surface area contributed by atoms with E-state index in [1.54, 1.807) is 30.3 Å². The van der Waals surface area contributed by atoms with Crippen LogP contribution in [0.3, 0.4) is 0 Å². The molecule has 0 saturated heterocycles. The quantitative estimate of drug-likeness (QED) is 0.773. The highest BCUT2D eigenvalue weighted by molar-refractivity contribution is 6.33. The number of para-hydroxylation sites is 1. The highest BCUT2D eigenvalue weighted by Gasteiger charge is 2.10. The number of carbonyl (C=O) groups excluding carboxylic acids is 1. The number of rotatable bonds is 2. The Bertz CT molecular complexity index is 877. The summed E-state index contributed by atoms with van der Waals surface area (Å²) in [5.41, 5.74) is 4.33. The molecule has 0 aliphatic rings. The van der Waals surface area contributed by atoms with Crippen molar-refractivity contribution in [2.24, 2.45) is 0 Å². The molecule has 4 nitrogen and oxygen atoms in total. The maximum Gasteiger partial charge on any atom is 0.255 e. The summed E-state index contributed by atoms with van der Waals surface area (Å²) in [6.45, 7) is 3.82. The zero-order valence-corrected chi connectivity index (χ0v) is 13.0. The molecule has 2 aromatic carbocycles. The van der Waals surface area contributed by atoms with E-state index in [1.807, 2.05) is 26.0 Å². The van der Waals surface area contributed by atoms with E-state index < -0.39 is 0 Å². The van der Waals surface area contributed by atoms with Gasteiger partial charge in [-0.2, -0.15) is 0 Å². The fourth-order valence-corrected chi connectivity index (χ4v) is 2.31. The summed E-state index contributed by atoms with van der Waals surface area (Å²) < 4.78 is 0. The first-order chi connectivity index (χ1) is 10.5. The second kappa shape index (κ2) is 5.73. The van der Waals surface area contributed by atoms with Gasteiger partial charge in [-0.15, -0.1) is 0 Å². The van der Waals surface area contributed by atoms with E-state index in [0.29, 0.717) is 21.8 Å². The van der Waals surface area contributed by atoms with Gasteiger partial charge < -0.3 is 5.32 Å². The van der Waals surface area contributed by atoms with Crippen molar-refractivity contribution in [3.8, 4) is 0 Å². The molecule has 0 atom stereocenters. The minimum atomic E-state index is -0.227. The number of aryl methyl sites for hydroxylation is 2. The molecule has 1 amide bonds. The smallest absolute Gasteiger partial charge is 0.255 e. The Morgan fingerprint density at radius 1 is 1.00 bits per heavy atom. The minimum Gasteiger partial charge on any atom is -0.321 e. The predicted molar refractivity (Wildman–Crippen MR) is 88.4 cm³/mol. The van der Waals surface area contributed by atoms with Crippen molar-refractivity contribution in [3.63, 3.8) is 0 Å². The molecular formula is C17H14ClN3O. The molecule has 0 saturated carbocycles. The van der Waals surface area contributed by atoms with E-state index in [1.165, 1.54) is 0 Å². The lowest BCUT2D eigenvalue weighted by Gasteiger charge is -2.08. The van der Waals surface area contributed by atoms with Crippen molar-refractivity contribution in [1.82, 2.24) is 9.97 Å². The Balaban J connectivity index is 1.94. The monoisotopic (exact) mass is 311 g/mol. The molecule has 5 heteroatoms. The Hall–Kier alpha value is -2.46. The fraction of sp³-hybridized carbons (Fsp3) is 0.118. The maximum absolute atomic E-state index is 12.3. The van der Waals surface area contributed by atoms with Crippen LogP contribution in [0.5, 0.6) is 0 Å². The molecule has 0 radical (unpaired) electrons. The van der Waals surface area contributed by atoms with Gasteiger partial charge in [-0.05, 0) is 44.2 Å². The van der Waals surface area contributed by atoms with E-state index in [0.717, 1.165) is 16.9 Å². The maximum atomic E-state index is 12.3. The summed E-state index contributed by atoms with van der Waals surface area (Å²) >= 11 is 6.05. The van der Waals surface area contributed by atoms with Crippen LogP contribution in [0.2, 0.25) is 5.02 Å². The van der Waals surface area contributed by atoms with Crippen LogP contribution in [0.15, 0.2) is 42.5 Å². The predicted octanol–water partition coefficient (Wildman–Crippen LogP) is 4.15. The zero-order valence-electron chi connectivity index (χ0n) is 12.2. The topological polar surface area (TPSA) is 54.9 Å². The van der Waals surface area contributed by atoms with Crippen LogP contribution in [0, 0.1) is 13.8 Å². The lowest BCUT2D eigenvalue weighted by atomic mass is 10.1. The van der Waals surface area contributed by atoms with Crippen LogP contribution in [0.4, 0.5) is 5.69 Å². The van der Waals surface area contributed by atoms with Gasteiger partial charge in [0.25, 0.3) is 5.91 Å². The largest absolute Gasteiger partial charge is 0.321 e. The van der Waals surface area contributed by atoms with Crippen LogP contribution in [0.1, 0.15) is 21.7 Å². The molecule has 1 aromatic heterocycles. The third-order valence-corrected chi connectivity index (χ3v) is 3.79. The zero-order chi connectivity index (χ0) is 15.7. The first-order valence-electron chi connectivity index (χ1n) is 6.85. The number of carbonyl (C=O) groups is 1. The third kappa shape index (κ3) is 2.78. The van der Waals surface area contributed by atoms with Crippen LogP contribution < -0.4 is 5.32 Å². The van der Waals surface area contributed by atoms with Crippen LogP contribution >= 0.6 is 11.6 Å². The van der Waals surface area contributed by atoms with Crippen LogP contribution in [-0.2, 0) is 0 Å². The molecule has 0 bridgehead atoms. The van der Waals surface area contributed by atoms with E-state index in [2.05, 4.69) is 15.3 Å². The number of hydrogen-bond donors (Lipinski definition) is 1. The summed E-state index contributed by atoms with van der Waals surface area (Å²) in [5, 5.41) is 3.30. The first kappa shape index (κ1) is 14.5. The van der Waals surface area contributed by atoms with Gasteiger partial charge in [-0.1, -0.05) is 23.7 Å². The molecule has 3 aromatic rings. The summed E-state index contributed by atoms with van der Waals surface area (Å²) in [6.07, 6.45) is 0. The molecule has 0 fully saturated rings. The molecular weight excluding hydrogens is 298 g/mol. The summed E-state index contributed by atoms with van der Waals surface area (Å²) in [4.78, 5) is 21.3. The number of nitrogens with zero attached hydrogens (tertiary/aromatic N) is 2. The van der Waals surface area contributed by atoms with Crippen molar-refractivity contribution in [2.45, 2.75) is 13.8 Å². The molecule has 110 valence electrons. The van der Waals surface area contributed by atoms with Gasteiger partial charge in [0.05, 0.1) is 33.1 Å². The molecule has 0 spiro atoms. The summed E-state index contributed by atoms with van der Waals surface area (Å²) in [5.74, 6) is -0.227. The lowest BCUT2D eigenvalue weighted by Crippen LogP contribution is -2.12. The molecule has 0 aliphatic heterocycles. The SMILES string of the molecule is Cc1nc2ccc(C(=O)Nc3ccccc3Cl)cc2nc1C. The Kier molecular flexibility index (Phi) is 3.77. The van der Waals surface area contributed by atoms with Crippen molar-refractivity contribution < 1.29 is 4.79 Å². The van der Waals surface area contributed by atoms with Gasteiger partial charge in [0.2, 0.25) is 0 Å². The van der Waals surface area contributed by atoms with Crippen LogP contribution in [0.25, 0.3) is 11.0 Å². The second-order valence-corrected chi connectivity index (χ2v) is 5.44. The number of benzene rings is 2. The van der Waals surface area contributed by atoms with E-state index in [-0.39, 0.29) is 5.91 Å². The number of aromatic nitrogens is 2. The van der Waals surface area contributed by atoms with Gasteiger partial charge in [-0.25, -0.2) is 9.97 Å². The molecule has 0 unspecified atom stereocenters.